The van der Waals surface area contributed by atoms with Crippen molar-refractivity contribution in [3.63, 3.8) is 0 Å². The SMILES string of the molecule is C=COC(=O)CC.CCC(=O)OC. The van der Waals surface area contributed by atoms with Crippen LogP contribution in [0, 0.1) is 0 Å². The van der Waals surface area contributed by atoms with E-state index < -0.39 is 0 Å². The molecule has 0 saturated carbocycles. The Kier molecular flexibility index (Phi) is 11.7. The standard InChI is InChI=1S/C5H8O2.C4H8O2/c1-3-5(6)7-4-2;1-3-4(5)6-2/h4H,2-3H2,1H3;3H2,1-2H3. The maximum atomic E-state index is 10.1. The fraction of sp³-hybridized carbons (Fsp3) is 0.556. The Morgan fingerprint density at radius 1 is 1.23 bits per heavy atom. The molecule has 0 aliphatic rings. The molecule has 0 radical (unpaired) electrons. The lowest BCUT2D eigenvalue weighted by atomic mass is 10.5. The number of methoxy groups -OCH3 is 1. The molecule has 0 aromatic heterocycles. The van der Waals surface area contributed by atoms with Crippen LogP contribution in [0.25, 0.3) is 0 Å². The third-order valence-electron chi connectivity index (χ3n) is 1.02. The van der Waals surface area contributed by atoms with E-state index in [0.29, 0.717) is 12.8 Å². The molecule has 0 heterocycles. The molecule has 0 aromatic carbocycles. The minimum atomic E-state index is -0.241. The first-order chi connectivity index (χ1) is 6.12. The summed E-state index contributed by atoms with van der Waals surface area (Å²) in [6.07, 6.45) is 2.01. The zero-order valence-corrected chi connectivity index (χ0v) is 8.33. The molecular weight excluding hydrogens is 172 g/mol. The van der Waals surface area contributed by atoms with Gasteiger partial charge in [-0.05, 0) is 0 Å². The van der Waals surface area contributed by atoms with Crippen LogP contribution in [-0.2, 0) is 19.1 Å². The molecule has 0 atom stereocenters. The first-order valence-electron chi connectivity index (χ1n) is 3.99. The van der Waals surface area contributed by atoms with E-state index >= 15 is 0 Å². The summed E-state index contributed by atoms with van der Waals surface area (Å²) in [4.78, 5) is 20.1. The van der Waals surface area contributed by atoms with Crippen LogP contribution in [0.15, 0.2) is 12.8 Å². The first kappa shape index (κ1) is 14.2. The normalized spacial score (nSPS) is 7.62. The molecule has 0 amide bonds. The Morgan fingerprint density at radius 2 is 1.69 bits per heavy atom. The summed E-state index contributed by atoms with van der Waals surface area (Å²) in [6.45, 7) is 6.69. The van der Waals surface area contributed by atoms with Gasteiger partial charge in [0.05, 0.1) is 13.4 Å². The van der Waals surface area contributed by atoms with Crippen LogP contribution in [-0.4, -0.2) is 19.0 Å². The smallest absolute Gasteiger partial charge is 0.310 e. The van der Waals surface area contributed by atoms with Crippen LogP contribution >= 0.6 is 0 Å². The lowest BCUT2D eigenvalue weighted by molar-refractivity contribution is -0.140. The third-order valence-corrected chi connectivity index (χ3v) is 1.02. The van der Waals surface area contributed by atoms with Gasteiger partial charge >= 0.3 is 11.9 Å². The Morgan fingerprint density at radius 3 is 1.77 bits per heavy atom. The number of rotatable bonds is 3. The van der Waals surface area contributed by atoms with Crippen LogP contribution in [0.3, 0.4) is 0 Å². The van der Waals surface area contributed by atoms with Gasteiger partial charge in [-0.1, -0.05) is 20.4 Å². The minimum absolute atomic E-state index is 0.157. The molecule has 0 unspecified atom stereocenters. The average molecular weight is 188 g/mol. The summed E-state index contributed by atoms with van der Waals surface area (Å²) in [5.41, 5.74) is 0. The van der Waals surface area contributed by atoms with Crippen molar-refractivity contribution in [3.8, 4) is 0 Å². The van der Waals surface area contributed by atoms with Crippen LogP contribution < -0.4 is 0 Å². The van der Waals surface area contributed by atoms with E-state index in [0.717, 1.165) is 6.26 Å². The highest BCUT2D eigenvalue weighted by Crippen LogP contribution is 1.81. The predicted molar refractivity (Wildman–Crippen MR) is 48.9 cm³/mol. The van der Waals surface area contributed by atoms with Crippen molar-refractivity contribution < 1.29 is 19.1 Å². The number of esters is 2. The van der Waals surface area contributed by atoms with Crippen molar-refractivity contribution in [2.45, 2.75) is 26.7 Å². The summed E-state index contributed by atoms with van der Waals surface area (Å²) in [5, 5.41) is 0. The van der Waals surface area contributed by atoms with Gasteiger partial charge in [0.25, 0.3) is 0 Å². The fourth-order valence-corrected chi connectivity index (χ4v) is 0.321. The van der Waals surface area contributed by atoms with Crippen LogP contribution in [0.4, 0.5) is 0 Å². The zero-order valence-electron chi connectivity index (χ0n) is 8.33. The molecule has 0 fully saturated rings. The molecule has 0 aromatic rings. The van der Waals surface area contributed by atoms with Gasteiger partial charge in [0.1, 0.15) is 0 Å². The molecular formula is C9H16O4. The highest BCUT2D eigenvalue weighted by molar-refractivity contribution is 5.69. The largest absolute Gasteiger partial charge is 0.469 e. The molecule has 0 spiro atoms. The number of carbonyl (C=O) groups is 2. The van der Waals surface area contributed by atoms with Gasteiger partial charge in [-0.3, -0.25) is 9.59 Å². The Hall–Kier alpha value is -1.32. The van der Waals surface area contributed by atoms with Crippen LogP contribution in [0.2, 0.25) is 0 Å². The van der Waals surface area contributed by atoms with E-state index in [2.05, 4.69) is 16.1 Å². The van der Waals surface area contributed by atoms with Crippen molar-refractivity contribution >= 4 is 11.9 Å². The maximum Gasteiger partial charge on any atom is 0.310 e. The molecule has 0 N–H and O–H groups in total. The summed E-state index contributed by atoms with van der Waals surface area (Å²) in [6, 6.07) is 0. The quantitative estimate of drug-likeness (QED) is 0.499. The van der Waals surface area contributed by atoms with Gasteiger partial charge in [0.2, 0.25) is 0 Å². The summed E-state index contributed by atoms with van der Waals surface area (Å²) in [7, 11) is 1.38. The Bertz CT molecular complexity index is 157. The number of carbonyl (C=O) groups excluding carboxylic acids is 2. The molecule has 0 rings (SSSR count). The number of hydrogen-bond donors (Lipinski definition) is 0. The molecule has 0 bridgehead atoms. The van der Waals surface area contributed by atoms with Gasteiger partial charge < -0.3 is 9.47 Å². The minimum Gasteiger partial charge on any atom is -0.469 e. The Balaban J connectivity index is 0. The molecule has 4 nitrogen and oxygen atoms in total. The molecule has 0 aliphatic heterocycles. The average Bonchev–Trinajstić information content (AvgIpc) is 2.18. The van der Waals surface area contributed by atoms with E-state index in [-0.39, 0.29) is 11.9 Å². The lowest BCUT2D eigenvalue weighted by Crippen LogP contribution is -1.94. The van der Waals surface area contributed by atoms with Crippen molar-refractivity contribution in [3.05, 3.63) is 12.8 Å². The van der Waals surface area contributed by atoms with Gasteiger partial charge in [0.15, 0.2) is 0 Å². The van der Waals surface area contributed by atoms with Gasteiger partial charge in [0, 0.05) is 12.8 Å². The molecule has 4 heteroatoms. The number of hydrogen-bond acceptors (Lipinski definition) is 4. The van der Waals surface area contributed by atoms with Crippen molar-refractivity contribution in [1.82, 2.24) is 0 Å². The second-order valence-electron chi connectivity index (χ2n) is 1.94. The van der Waals surface area contributed by atoms with Crippen molar-refractivity contribution in [1.29, 1.82) is 0 Å². The highest BCUT2D eigenvalue weighted by Gasteiger charge is 1.89. The second kappa shape index (κ2) is 10.7. The number of ether oxygens (including phenoxy) is 2. The predicted octanol–water partition coefficient (Wildman–Crippen LogP) is 1.65. The van der Waals surface area contributed by atoms with Crippen molar-refractivity contribution in [2.24, 2.45) is 0 Å². The molecule has 0 aliphatic carbocycles. The van der Waals surface area contributed by atoms with E-state index in [1.54, 1.807) is 13.8 Å². The highest BCUT2D eigenvalue weighted by atomic mass is 16.5. The topological polar surface area (TPSA) is 52.6 Å². The molecule has 13 heavy (non-hydrogen) atoms. The Labute approximate surface area is 78.5 Å². The second-order valence-corrected chi connectivity index (χ2v) is 1.94. The third kappa shape index (κ3) is 13.6. The van der Waals surface area contributed by atoms with Gasteiger partial charge in [-0.25, -0.2) is 0 Å². The van der Waals surface area contributed by atoms with E-state index in [9.17, 15) is 9.59 Å². The van der Waals surface area contributed by atoms with Gasteiger partial charge in [-0.2, -0.15) is 0 Å². The zero-order chi connectivity index (χ0) is 10.7. The maximum absolute atomic E-state index is 10.1. The van der Waals surface area contributed by atoms with Gasteiger partial charge in [-0.15, -0.1) is 0 Å². The van der Waals surface area contributed by atoms with E-state index in [1.165, 1.54) is 7.11 Å². The van der Waals surface area contributed by atoms with Crippen LogP contribution in [0.1, 0.15) is 26.7 Å². The molecule has 76 valence electrons. The summed E-state index contributed by atoms with van der Waals surface area (Å²) < 4.78 is 8.58. The molecule has 0 saturated heterocycles. The van der Waals surface area contributed by atoms with E-state index in [4.69, 9.17) is 0 Å². The monoisotopic (exact) mass is 188 g/mol. The van der Waals surface area contributed by atoms with Crippen LogP contribution in [0.5, 0.6) is 0 Å². The summed E-state index contributed by atoms with van der Waals surface area (Å²) >= 11 is 0. The summed E-state index contributed by atoms with van der Waals surface area (Å²) in [5.74, 6) is -0.398. The first-order valence-corrected chi connectivity index (χ1v) is 3.99. The van der Waals surface area contributed by atoms with Crippen molar-refractivity contribution in [2.75, 3.05) is 7.11 Å². The van der Waals surface area contributed by atoms with E-state index in [1.807, 2.05) is 0 Å². The fourth-order valence-electron chi connectivity index (χ4n) is 0.321. The lowest BCUT2D eigenvalue weighted by Gasteiger charge is -1.88.